The highest BCUT2D eigenvalue weighted by Gasteiger charge is 2.12. The van der Waals surface area contributed by atoms with Gasteiger partial charge >= 0.3 is 6.61 Å². The van der Waals surface area contributed by atoms with E-state index in [9.17, 15) is 13.6 Å². The monoisotopic (exact) mass is 259 g/mol. The second kappa shape index (κ2) is 6.90. The second-order valence-corrected chi connectivity index (χ2v) is 3.67. The molecule has 0 bridgehead atoms. The number of amides is 1. The minimum Gasteiger partial charge on any atom is -0.435 e. The van der Waals surface area contributed by atoms with Crippen molar-refractivity contribution in [2.45, 2.75) is 26.0 Å². The molecule has 1 rings (SSSR count). The molecule has 1 amide bonds. The summed E-state index contributed by atoms with van der Waals surface area (Å²) in [6.07, 6.45) is 0.579. The van der Waals surface area contributed by atoms with Gasteiger partial charge in [-0.2, -0.15) is 8.78 Å². The third kappa shape index (κ3) is 4.29. The lowest BCUT2D eigenvalue weighted by Gasteiger charge is -2.14. The van der Waals surface area contributed by atoms with Crippen molar-refractivity contribution in [2.24, 2.45) is 0 Å². The van der Waals surface area contributed by atoms with Crippen LogP contribution in [0.4, 0.5) is 8.78 Å². The lowest BCUT2D eigenvalue weighted by molar-refractivity contribution is -0.0498. The summed E-state index contributed by atoms with van der Waals surface area (Å²) in [6, 6.07) is 5.15. The summed E-state index contributed by atoms with van der Waals surface area (Å²) >= 11 is 0. The molecular formula is C12H15F2NO3. The van der Waals surface area contributed by atoms with Crippen LogP contribution >= 0.6 is 0 Å². The molecule has 0 aromatic heterocycles. The summed E-state index contributed by atoms with van der Waals surface area (Å²) in [4.78, 5) is 11.7. The molecule has 1 atom stereocenters. The van der Waals surface area contributed by atoms with Gasteiger partial charge in [0.1, 0.15) is 5.75 Å². The number of aliphatic hydroxyl groups is 1. The Morgan fingerprint density at radius 1 is 1.50 bits per heavy atom. The minimum atomic E-state index is -2.93. The van der Waals surface area contributed by atoms with Crippen LogP contribution in [0.15, 0.2) is 24.3 Å². The predicted molar refractivity (Wildman–Crippen MR) is 61.7 cm³/mol. The van der Waals surface area contributed by atoms with Gasteiger partial charge in [0.15, 0.2) is 0 Å². The maximum Gasteiger partial charge on any atom is 0.387 e. The molecule has 4 nitrogen and oxygen atoms in total. The molecule has 1 unspecified atom stereocenters. The molecule has 0 radical (unpaired) electrons. The van der Waals surface area contributed by atoms with Crippen LogP contribution in [0.2, 0.25) is 0 Å². The summed E-state index contributed by atoms with van der Waals surface area (Å²) in [5.41, 5.74) is 0.208. The molecular weight excluding hydrogens is 244 g/mol. The molecule has 0 aliphatic carbocycles. The molecule has 0 heterocycles. The first kappa shape index (κ1) is 14.4. The number of nitrogens with one attached hydrogen (secondary N) is 1. The number of halogens is 2. The first-order valence-electron chi connectivity index (χ1n) is 5.53. The Kier molecular flexibility index (Phi) is 5.51. The van der Waals surface area contributed by atoms with Gasteiger partial charge in [-0.05, 0) is 24.6 Å². The fourth-order valence-corrected chi connectivity index (χ4v) is 1.36. The van der Waals surface area contributed by atoms with Crippen molar-refractivity contribution in [3.05, 3.63) is 29.8 Å². The summed E-state index contributed by atoms with van der Waals surface area (Å²) in [5, 5.41) is 11.5. The van der Waals surface area contributed by atoms with Gasteiger partial charge < -0.3 is 15.2 Å². The maximum atomic E-state index is 12.0. The fourth-order valence-electron chi connectivity index (χ4n) is 1.36. The van der Waals surface area contributed by atoms with Crippen molar-refractivity contribution in [3.8, 4) is 5.75 Å². The molecule has 0 spiro atoms. The molecule has 1 aromatic rings. The van der Waals surface area contributed by atoms with Gasteiger partial charge in [-0.1, -0.05) is 13.0 Å². The lowest BCUT2D eigenvalue weighted by Crippen LogP contribution is -2.36. The number of rotatable bonds is 6. The van der Waals surface area contributed by atoms with Crippen molar-refractivity contribution >= 4 is 5.91 Å². The molecule has 0 saturated carbocycles. The summed E-state index contributed by atoms with van der Waals surface area (Å²) in [5.74, 6) is -0.509. The molecule has 6 heteroatoms. The van der Waals surface area contributed by atoms with E-state index in [0.717, 1.165) is 0 Å². The van der Waals surface area contributed by atoms with E-state index in [-0.39, 0.29) is 24.0 Å². The highest BCUT2D eigenvalue weighted by atomic mass is 19.3. The average molecular weight is 259 g/mol. The number of carbonyl (C=O) groups is 1. The second-order valence-electron chi connectivity index (χ2n) is 3.67. The first-order chi connectivity index (χ1) is 8.56. The average Bonchev–Trinajstić information content (AvgIpc) is 2.35. The van der Waals surface area contributed by atoms with Crippen LogP contribution in [0.3, 0.4) is 0 Å². The number of carbonyl (C=O) groups excluding carboxylic acids is 1. The normalized spacial score (nSPS) is 12.3. The largest absolute Gasteiger partial charge is 0.435 e. The Bertz CT molecular complexity index is 395. The van der Waals surface area contributed by atoms with E-state index in [1.165, 1.54) is 24.3 Å². The van der Waals surface area contributed by atoms with E-state index in [1.54, 1.807) is 0 Å². The molecule has 0 aliphatic rings. The van der Waals surface area contributed by atoms with Crippen LogP contribution in [0, 0.1) is 0 Å². The topological polar surface area (TPSA) is 58.6 Å². The summed E-state index contributed by atoms with van der Waals surface area (Å²) in [6.45, 7) is -1.28. The van der Waals surface area contributed by atoms with Crippen molar-refractivity contribution in [3.63, 3.8) is 0 Å². The van der Waals surface area contributed by atoms with Gasteiger partial charge in [0, 0.05) is 5.56 Å². The van der Waals surface area contributed by atoms with E-state index < -0.39 is 12.5 Å². The Balaban J connectivity index is 2.73. The molecule has 0 fully saturated rings. The zero-order valence-corrected chi connectivity index (χ0v) is 9.90. The zero-order chi connectivity index (χ0) is 13.5. The van der Waals surface area contributed by atoms with E-state index in [0.29, 0.717) is 6.42 Å². The standard InChI is InChI=1S/C12H15F2NO3/c1-2-9(7-16)15-11(17)8-4-3-5-10(6-8)18-12(13)14/h3-6,9,12,16H,2,7H2,1H3,(H,15,17). The number of alkyl halides is 2. The molecule has 1 aromatic carbocycles. The van der Waals surface area contributed by atoms with Crippen LogP contribution in [0.25, 0.3) is 0 Å². The molecule has 2 N–H and O–H groups in total. The Morgan fingerprint density at radius 2 is 2.22 bits per heavy atom. The van der Waals surface area contributed by atoms with E-state index in [2.05, 4.69) is 10.1 Å². The molecule has 0 saturated heterocycles. The van der Waals surface area contributed by atoms with Gasteiger partial charge in [0.2, 0.25) is 0 Å². The zero-order valence-electron chi connectivity index (χ0n) is 9.90. The van der Waals surface area contributed by atoms with E-state index in [1.807, 2.05) is 6.92 Å². The fraction of sp³-hybridized carbons (Fsp3) is 0.417. The maximum absolute atomic E-state index is 12.0. The number of hydrogen-bond acceptors (Lipinski definition) is 3. The van der Waals surface area contributed by atoms with Crippen LogP contribution in [0.5, 0.6) is 5.75 Å². The van der Waals surface area contributed by atoms with Crippen LogP contribution in [-0.2, 0) is 0 Å². The van der Waals surface area contributed by atoms with Crippen molar-refractivity contribution in [1.82, 2.24) is 5.32 Å². The first-order valence-corrected chi connectivity index (χ1v) is 5.53. The highest BCUT2D eigenvalue weighted by molar-refractivity contribution is 5.94. The van der Waals surface area contributed by atoms with Gasteiger partial charge in [0.05, 0.1) is 12.6 Å². The van der Waals surface area contributed by atoms with Gasteiger partial charge in [-0.3, -0.25) is 4.79 Å². The quantitative estimate of drug-likeness (QED) is 0.818. The van der Waals surface area contributed by atoms with Gasteiger partial charge in [-0.25, -0.2) is 0 Å². The molecule has 18 heavy (non-hydrogen) atoms. The number of hydrogen-bond donors (Lipinski definition) is 2. The van der Waals surface area contributed by atoms with Crippen molar-refractivity contribution < 1.29 is 23.4 Å². The Morgan fingerprint density at radius 3 is 2.78 bits per heavy atom. The third-order valence-electron chi connectivity index (χ3n) is 2.37. The smallest absolute Gasteiger partial charge is 0.387 e. The summed E-state index contributed by atoms with van der Waals surface area (Å²) in [7, 11) is 0. The SMILES string of the molecule is CCC(CO)NC(=O)c1cccc(OC(F)F)c1. The van der Waals surface area contributed by atoms with Crippen LogP contribution in [-0.4, -0.2) is 30.3 Å². The lowest BCUT2D eigenvalue weighted by atomic mass is 10.1. The molecule has 0 aliphatic heterocycles. The minimum absolute atomic E-state index is 0.0744. The third-order valence-corrected chi connectivity index (χ3v) is 2.37. The van der Waals surface area contributed by atoms with E-state index in [4.69, 9.17) is 5.11 Å². The van der Waals surface area contributed by atoms with Crippen molar-refractivity contribution in [1.29, 1.82) is 0 Å². The van der Waals surface area contributed by atoms with Gasteiger partial charge in [0.25, 0.3) is 5.91 Å². The van der Waals surface area contributed by atoms with Gasteiger partial charge in [-0.15, -0.1) is 0 Å². The Hall–Kier alpha value is -1.69. The van der Waals surface area contributed by atoms with E-state index >= 15 is 0 Å². The van der Waals surface area contributed by atoms with Crippen LogP contribution < -0.4 is 10.1 Å². The Labute approximate surface area is 104 Å². The number of benzene rings is 1. The number of aliphatic hydroxyl groups excluding tert-OH is 1. The number of ether oxygens (including phenoxy) is 1. The highest BCUT2D eigenvalue weighted by Crippen LogP contribution is 2.16. The predicted octanol–water partition coefficient (Wildman–Crippen LogP) is 1.79. The van der Waals surface area contributed by atoms with Crippen LogP contribution in [0.1, 0.15) is 23.7 Å². The van der Waals surface area contributed by atoms with Crippen molar-refractivity contribution in [2.75, 3.05) is 6.61 Å². The molecule has 100 valence electrons. The summed E-state index contributed by atoms with van der Waals surface area (Å²) < 4.78 is 28.2.